The highest BCUT2D eigenvalue weighted by atomic mass is 35.5. The standard InChI is InChI=1S/C16H16ClN5O/c1-10-4-5-11(7-13(10)17)22-16-14(18)15(20-9-21-16)19-8-12-3-2-6-23-12/h2-7,9H,8,18H2,1H3,(H2,19,20,21,22). The zero-order chi connectivity index (χ0) is 16.2. The molecule has 0 atom stereocenters. The predicted octanol–water partition coefficient (Wildman–Crippen LogP) is 3.97. The van der Waals surface area contributed by atoms with Gasteiger partial charge >= 0.3 is 0 Å². The summed E-state index contributed by atoms with van der Waals surface area (Å²) in [5.41, 5.74) is 8.37. The SMILES string of the molecule is Cc1ccc(Nc2ncnc(NCc3ccco3)c2N)cc1Cl. The molecule has 0 fully saturated rings. The number of furan rings is 1. The molecule has 0 amide bonds. The van der Waals surface area contributed by atoms with Crippen molar-refractivity contribution in [3.63, 3.8) is 0 Å². The van der Waals surface area contributed by atoms with Crippen LogP contribution >= 0.6 is 11.6 Å². The molecular formula is C16H16ClN5O. The summed E-state index contributed by atoms with van der Waals surface area (Å²) in [6, 6.07) is 9.37. The number of nitrogens with one attached hydrogen (secondary N) is 2. The highest BCUT2D eigenvalue weighted by Crippen LogP contribution is 2.28. The molecule has 0 unspecified atom stereocenters. The molecule has 0 aliphatic rings. The quantitative estimate of drug-likeness (QED) is 0.656. The molecule has 118 valence electrons. The van der Waals surface area contributed by atoms with Gasteiger partial charge in [0.2, 0.25) is 0 Å². The maximum absolute atomic E-state index is 6.13. The molecule has 3 rings (SSSR count). The molecule has 0 aliphatic heterocycles. The number of hydrogen-bond acceptors (Lipinski definition) is 6. The van der Waals surface area contributed by atoms with Crippen molar-refractivity contribution in [2.45, 2.75) is 13.5 Å². The number of aromatic nitrogens is 2. The summed E-state index contributed by atoms with van der Waals surface area (Å²) in [4.78, 5) is 8.33. The summed E-state index contributed by atoms with van der Waals surface area (Å²) in [5.74, 6) is 1.85. The van der Waals surface area contributed by atoms with E-state index in [2.05, 4.69) is 20.6 Å². The van der Waals surface area contributed by atoms with Crippen LogP contribution in [0.3, 0.4) is 0 Å². The maximum Gasteiger partial charge on any atom is 0.159 e. The molecule has 1 aromatic carbocycles. The first-order chi connectivity index (χ1) is 11.1. The molecule has 0 radical (unpaired) electrons. The summed E-state index contributed by atoms with van der Waals surface area (Å²) in [7, 11) is 0. The second kappa shape index (κ2) is 6.58. The van der Waals surface area contributed by atoms with Crippen molar-refractivity contribution >= 4 is 34.6 Å². The first kappa shape index (κ1) is 15.2. The average Bonchev–Trinajstić information content (AvgIpc) is 3.05. The molecule has 4 N–H and O–H groups in total. The van der Waals surface area contributed by atoms with Crippen molar-refractivity contribution < 1.29 is 4.42 Å². The average molecular weight is 330 g/mol. The number of anilines is 4. The van der Waals surface area contributed by atoms with Gasteiger partial charge in [0.15, 0.2) is 11.6 Å². The molecule has 2 aromatic heterocycles. The summed E-state index contributed by atoms with van der Waals surface area (Å²) < 4.78 is 5.27. The first-order valence-electron chi connectivity index (χ1n) is 7.03. The van der Waals surface area contributed by atoms with E-state index in [1.807, 2.05) is 37.3 Å². The Balaban J connectivity index is 1.77. The zero-order valence-electron chi connectivity index (χ0n) is 12.5. The van der Waals surface area contributed by atoms with Gasteiger partial charge in [0, 0.05) is 10.7 Å². The summed E-state index contributed by atoms with van der Waals surface area (Å²) in [6.45, 7) is 2.44. The van der Waals surface area contributed by atoms with E-state index in [1.54, 1.807) is 6.26 Å². The molecule has 0 aliphatic carbocycles. The fraction of sp³-hybridized carbons (Fsp3) is 0.125. The number of halogens is 1. The van der Waals surface area contributed by atoms with Crippen LogP contribution in [0.15, 0.2) is 47.3 Å². The van der Waals surface area contributed by atoms with Gasteiger partial charge in [-0.3, -0.25) is 0 Å². The minimum atomic E-state index is 0.427. The van der Waals surface area contributed by atoms with Crippen molar-refractivity contribution in [1.82, 2.24) is 9.97 Å². The normalized spacial score (nSPS) is 10.5. The Morgan fingerprint density at radius 1 is 1.22 bits per heavy atom. The van der Waals surface area contributed by atoms with Gasteiger partial charge in [-0.2, -0.15) is 0 Å². The molecule has 3 aromatic rings. The largest absolute Gasteiger partial charge is 0.467 e. The number of nitrogens with zero attached hydrogens (tertiary/aromatic N) is 2. The van der Waals surface area contributed by atoms with Gasteiger partial charge in [0.1, 0.15) is 17.8 Å². The summed E-state index contributed by atoms with van der Waals surface area (Å²) >= 11 is 6.13. The lowest BCUT2D eigenvalue weighted by atomic mass is 10.2. The zero-order valence-corrected chi connectivity index (χ0v) is 13.3. The van der Waals surface area contributed by atoms with Crippen molar-refractivity contribution in [2.24, 2.45) is 0 Å². The number of aryl methyl sites for hydroxylation is 1. The van der Waals surface area contributed by atoms with Crippen LogP contribution in [0.25, 0.3) is 0 Å². The van der Waals surface area contributed by atoms with Gasteiger partial charge in [-0.05, 0) is 36.8 Å². The smallest absolute Gasteiger partial charge is 0.159 e. The lowest BCUT2D eigenvalue weighted by Gasteiger charge is -2.12. The van der Waals surface area contributed by atoms with Crippen LogP contribution in [-0.4, -0.2) is 9.97 Å². The van der Waals surface area contributed by atoms with E-state index in [4.69, 9.17) is 21.8 Å². The highest BCUT2D eigenvalue weighted by molar-refractivity contribution is 6.31. The topological polar surface area (TPSA) is 89.0 Å². The Hall–Kier alpha value is -2.73. The Kier molecular flexibility index (Phi) is 4.34. The fourth-order valence-corrected chi connectivity index (χ4v) is 2.21. The summed E-state index contributed by atoms with van der Waals surface area (Å²) in [5, 5.41) is 6.96. The fourth-order valence-electron chi connectivity index (χ4n) is 2.03. The number of benzene rings is 1. The molecule has 6 nitrogen and oxygen atoms in total. The van der Waals surface area contributed by atoms with E-state index < -0.39 is 0 Å². The van der Waals surface area contributed by atoms with Crippen molar-refractivity contribution in [3.05, 3.63) is 59.3 Å². The van der Waals surface area contributed by atoms with Gasteiger partial charge < -0.3 is 20.8 Å². The molecular weight excluding hydrogens is 314 g/mol. The summed E-state index contributed by atoms with van der Waals surface area (Å²) in [6.07, 6.45) is 3.06. The van der Waals surface area contributed by atoms with Gasteiger partial charge in [0.05, 0.1) is 12.8 Å². The minimum Gasteiger partial charge on any atom is -0.467 e. The second-order valence-electron chi connectivity index (χ2n) is 5.01. The molecule has 23 heavy (non-hydrogen) atoms. The third-order valence-corrected chi connectivity index (χ3v) is 3.74. The van der Waals surface area contributed by atoms with E-state index in [0.717, 1.165) is 17.0 Å². The van der Waals surface area contributed by atoms with E-state index >= 15 is 0 Å². The highest BCUT2D eigenvalue weighted by Gasteiger charge is 2.09. The Bertz CT molecular complexity index is 804. The number of nitrogen functional groups attached to an aromatic ring is 1. The van der Waals surface area contributed by atoms with Crippen molar-refractivity contribution in [3.8, 4) is 0 Å². The van der Waals surface area contributed by atoms with Crippen LogP contribution in [0, 0.1) is 6.92 Å². The second-order valence-corrected chi connectivity index (χ2v) is 5.41. The van der Waals surface area contributed by atoms with Crippen molar-refractivity contribution in [1.29, 1.82) is 0 Å². The maximum atomic E-state index is 6.13. The van der Waals surface area contributed by atoms with Crippen molar-refractivity contribution in [2.75, 3.05) is 16.4 Å². The van der Waals surface area contributed by atoms with Crippen LogP contribution in [0.1, 0.15) is 11.3 Å². The number of nitrogens with two attached hydrogens (primary N) is 1. The van der Waals surface area contributed by atoms with Crippen LogP contribution in [0.2, 0.25) is 5.02 Å². The van der Waals surface area contributed by atoms with E-state index in [-0.39, 0.29) is 0 Å². The first-order valence-corrected chi connectivity index (χ1v) is 7.41. The lowest BCUT2D eigenvalue weighted by Crippen LogP contribution is -2.07. The third-order valence-electron chi connectivity index (χ3n) is 3.33. The molecule has 0 bridgehead atoms. The molecule has 0 saturated heterocycles. The van der Waals surface area contributed by atoms with E-state index in [9.17, 15) is 0 Å². The predicted molar refractivity (Wildman–Crippen MR) is 92.0 cm³/mol. The van der Waals surface area contributed by atoms with Gasteiger partial charge in [-0.1, -0.05) is 17.7 Å². The van der Waals surface area contributed by atoms with Crippen LogP contribution in [0.5, 0.6) is 0 Å². The van der Waals surface area contributed by atoms with Gasteiger partial charge in [0.25, 0.3) is 0 Å². The van der Waals surface area contributed by atoms with Crippen LogP contribution < -0.4 is 16.4 Å². The monoisotopic (exact) mass is 329 g/mol. The molecule has 0 spiro atoms. The van der Waals surface area contributed by atoms with Gasteiger partial charge in [-0.25, -0.2) is 9.97 Å². The van der Waals surface area contributed by atoms with Crippen LogP contribution in [0.4, 0.5) is 23.0 Å². The molecule has 7 heteroatoms. The Labute approximate surface area is 138 Å². The Morgan fingerprint density at radius 3 is 2.78 bits per heavy atom. The minimum absolute atomic E-state index is 0.427. The third kappa shape index (κ3) is 3.54. The van der Waals surface area contributed by atoms with Gasteiger partial charge in [-0.15, -0.1) is 0 Å². The van der Waals surface area contributed by atoms with Crippen LogP contribution in [-0.2, 0) is 6.54 Å². The lowest BCUT2D eigenvalue weighted by molar-refractivity contribution is 0.518. The molecule has 2 heterocycles. The Morgan fingerprint density at radius 2 is 2.04 bits per heavy atom. The molecule has 0 saturated carbocycles. The van der Waals surface area contributed by atoms with E-state index in [0.29, 0.717) is 28.9 Å². The number of rotatable bonds is 5. The number of hydrogen-bond donors (Lipinski definition) is 3. The van der Waals surface area contributed by atoms with E-state index in [1.165, 1.54) is 6.33 Å².